The highest BCUT2D eigenvalue weighted by Gasteiger charge is 2.55. The fourth-order valence-corrected chi connectivity index (χ4v) is 6.33. The van der Waals surface area contributed by atoms with Crippen molar-refractivity contribution in [3.63, 3.8) is 0 Å². The van der Waals surface area contributed by atoms with Gasteiger partial charge in [0.25, 0.3) is 0 Å². The van der Waals surface area contributed by atoms with Crippen LogP contribution in [0.4, 0.5) is 0 Å². The van der Waals surface area contributed by atoms with E-state index in [0.29, 0.717) is 5.56 Å². The van der Waals surface area contributed by atoms with Crippen LogP contribution >= 0.6 is 11.8 Å². The average molecular weight is 560 g/mol. The molecule has 2 aromatic rings. The first-order valence-electron chi connectivity index (χ1n) is 13.2. The van der Waals surface area contributed by atoms with Gasteiger partial charge in [-0.2, -0.15) is 0 Å². The van der Waals surface area contributed by atoms with Gasteiger partial charge < -0.3 is 38.6 Å². The Bertz CT molecular complexity index is 1130. The minimum atomic E-state index is -1.41. The number of esters is 1. The molecule has 3 saturated heterocycles. The summed E-state index contributed by atoms with van der Waals surface area (Å²) in [5.74, 6) is -1.52. The molecular formula is C29H35O9S-. The zero-order chi connectivity index (χ0) is 27.9. The molecule has 10 atom stereocenters. The van der Waals surface area contributed by atoms with Crippen molar-refractivity contribution >= 4 is 17.7 Å². The number of carbonyl (C=O) groups is 1. The minimum Gasteiger partial charge on any atom is -0.829 e. The number of fused-ring (bicyclic) bond motifs is 1. The van der Waals surface area contributed by atoms with Crippen LogP contribution < -0.4 is 5.11 Å². The smallest absolute Gasteiger partial charge is 0.338 e. The summed E-state index contributed by atoms with van der Waals surface area (Å²) in [7, 11) is 0. The fraction of sp³-hybridized carbons (Fsp3) is 0.552. The first-order chi connectivity index (χ1) is 18.5. The van der Waals surface area contributed by atoms with Crippen LogP contribution in [0.25, 0.3) is 0 Å². The van der Waals surface area contributed by atoms with E-state index < -0.39 is 72.3 Å². The lowest BCUT2D eigenvalue weighted by Gasteiger charge is -2.48. The third kappa shape index (κ3) is 6.18. The molecule has 0 amide bonds. The molecule has 3 aliphatic heterocycles. The van der Waals surface area contributed by atoms with Crippen molar-refractivity contribution in [2.75, 3.05) is 0 Å². The van der Waals surface area contributed by atoms with Gasteiger partial charge in [0.1, 0.15) is 24.4 Å². The van der Waals surface area contributed by atoms with Crippen LogP contribution in [0.15, 0.2) is 59.5 Å². The number of hydrogen-bond donors (Lipinski definition) is 1. The maximum Gasteiger partial charge on any atom is 0.338 e. The lowest BCUT2D eigenvalue weighted by atomic mass is 9.98. The first kappa shape index (κ1) is 28.5. The third-order valence-electron chi connectivity index (χ3n) is 7.16. The highest BCUT2D eigenvalue weighted by Crippen LogP contribution is 2.41. The lowest BCUT2D eigenvalue weighted by molar-refractivity contribution is -0.528. The Balaban J connectivity index is 1.39. The van der Waals surface area contributed by atoms with E-state index in [9.17, 15) is 15.0 Å². The summed E-state index contributed by atoms with van der Waals surface area (Å²) in [6.45, 7) is 8.95. The van der Waals surface area contributed by atoms with E-state index in [1.54, 1.807) is 52.0 Å². The van der Waals surface area contributed by atoms with Crippen molar-refractivity contribution < 1.29 is 43.4 Å². The number of hydrogen-bond acceptors (Lipinski definition) is 10. The topological polar surface area (TPSA) is 116 Å². The number of aliphatic hydroxyl groups is 1. The van der Waals surface area contributed by atoms with Crippen LogP contribution in [-0.4, -0.2) is 77.4 Å². The fourth-order valence-electron chi connectivity index (χ4n) is 5.19. The normalized spacial score (nSPS) is 37.7. The Morgan fingerprint density at radius 1 is 0.949 bits per heavy atom. The second-order valence-electron chi connectivity index (χ2n) is 10.7. The van der Waals surface area contributed by atoms with Crippen LogP contribution in [-0.2, 0) is 28.4 Å². The Morgan fingerprint density at radius 3 is 2.28 bits per heavy atom. The maximum atomic E-state index is 12.9. The summed E-state index contributed by atoms with van der Waals surface area (Å²) in [6.07, 6.45) is -7.94. The minimum absolute atomic E-state index is 0.380. The Hall–Kier alpha value is -2.02. The van der Waals surface area contributed by atoms with Gasteiger partial charge in [-0.05, 0) is 58.9 Å². The number of aliphatic hydroxyl groups excluding tert-OH is 1. The molecule has 3 aliphatic rings. The predicted octanol–water partition coefficient (Wildman–Crippen LogP) is 2.80. The summed E-state index contributed by atoms with van der Waals surface area (Å²) in [4.78, 5) is 13.7. The molecule has 3 heterocycles. The van der Waals surface area contributed by atoms with Crippen LogP contribution in [0, 0.1) is 6.92 Å². The van der Waals surface area contributed by atoms with Gasteiger partial charge in [-0.15, -0.1) is 11.8 Å². The SMILES string of the molecule is Cc1ccc(S[C@H]2[C@H](O[C@@H]3[C@H]4OC(C)(C)O[C@H]4[C@H]([O-])O[C@H]3C)O[C@H](C)[C@@H](OC(=O)c3ccccc3)[C@@H]2O)cc1. The molecule has 2 aromatic carbocycles. The van der Waals surface area contributed by atoms with Gasteiger partial charge in [-0.1, -0.05) is 35.9 Å². The van der Waals surface area contributed by atoms with Crippen molar-refractivity contribution in [1.82, 2.24) is 0 Å². The van der Waals surface area contributed by atoms with Gasteiger partial charge in [0.05, 0.1) is 23.0 Å². The largest absolute Gasteiger partial charge is 0.829 e. The summed E-state index contributed by atoms with van der Waals surface area (Å²) in [5, 5.41) is 23.5. The molecule has 39 heavy (non-hydrogen) atoms. The number of benzene rings is 2. The van der Waals surface area contributed by atoms with E-state index in [4.69, 9.17) is 28.4 Å². The van der Waals surface area contributed by atoms with E-state index in [0.717, 1.165) is 10.5 Å². The molecule has 0 bridgehead atoms. The molecule has 0 radical (unpaired) electrons. The third-order valence-corrected chi connectivity index (χ3v) is 8.47. The Labute approximate surface area is 232 Å². The van der Waals surface area contributed by atoms with Crippen LogP contribution in [0.2, 0.25) is 0 Å². The highest BCUT2D eigenvalue weighted by molar-refractivity contribution is 8.00. The average Bonchev–Trinajstić information content (AvgIpc) is 3.23. The van der Waals surface area contributed by atoms with Crippen LogP contribution in [0.1, 0.15) is 43.6 Å². The number of ether oxygens (including phenoxy) is 6. The molecular weight excluding hydrogens is 524 g/mol. The summed E-state index contributed by atoms with van der Waals surface area (Å²) in [6, 6.07) is 16.5. The van der Waals surface area contributed by atoms with Crippen molar-refractivity contribution in [3.8, 4) is 0 Å². The van der Waals surface area contributed by atoms with E-state index in [1.807, 2.05) is 37.3 Å². The number of thioether (sulfide) groups is 1. The van der Waals surface area contributed by atoms with Crippen molar-refractivity contribution in [3.05, 3.63) is 65.7 Å². The van der Waals surface area contributed by atoms with Crippen molar-refractivity contribution in [2.24, 2.45) is 0 Å². The van der Waals surface area contributed by atoms with E-state index >= 15 is 0 Å². The Morgan fingerprint density at radius 2 is 1.59 bits per heavy atom. The molecule has 212 valence electrons. The molecule has 1 N–H and O–H groups in total. The van der Waals surface area contributed by atoms with Gasteiger partial charge in [0.2, 0.25) is 0 Å². The molecule has 0 spiro atoms. The summed E-state index contributed by atoms with van der Waals surface area (Å²) in [5.41, 5.74) is 1.48. The molecule has 0 aliphatic carbocycles. The molecule has 9 nitrogen and oxygen atoms in total. The van der Waals surface area contributed by atoms with E-state index in [2.05, 4.69) is 0 Å². The monoisotopic (exact) mass is 559 g/mol. The molecule has 10 heteroatoms. The van der Waals surface area contributed by atoms with Gasteiger partial charge >= 0.3 is 5.97 Å². The van der Waals surface area contributed by atoms with Crippen molar-refractivity contribution in [2.45, 2.75) is 106 Å². The Kier molecular flexibility index (Phi) is 8.38. The molecule has 5 rings (SSSR count). The zero-order valence-electron chi connectivity index (χ0n) is 22.6. The highest BCUT2D eigenvalue weighted by atomic mass is 32.2. The quantitative estimate of drug-likeness (QED) is 0.530. The van der Waals surface area contributed by atoms with Crippen molar-refractivity contribution in [1.29, 1.82) is 0 Å². The molecule has 0 unspecified atom stereocenters. The predicted molar refractivity (Wildman–Crippen MR) is 140 cm³/mol. The summed E-state index contributed by atoms with van der Waals surface area (Å²) >= 11 is 1.37. The maximum absolute atomic E-state index is 12.9. The standard InChI is InChI=1S/C29H35O9S/c1-15-11-13-19(14-12-15)39-25-20(30)21(35-26(31)18-9-7-6-8-10-18)16(2)34-28(25)36-22-17(3)33-27(32)24-23(22)37-29(4,5)38-24/h6-14,16-17,20-25,27-28,30H,1-5H3/q-1/t16-,17+,20+,21-,22+,23-,24-,25-,27-,28+/m1/s1. The number of rotatable bonds is 6. The second kappa shape index (κ2) is 11.5. The molecule has 0 aromatic heterocycles. The first-order valence-corrected chi connectivity index (χ1v) is 14.1. The van der Waals surface area contributed by atoms with E-state index in [-0.39, 0.29) is 0 Å². The number of carbonyl (C=O) groups excluding carboxylic acids is 1. The van der Waals surface area contributed by atoms with Crippen LogP contribution in [0.3, 0.4) is 0 Å². The van der Waals surface area contributed by atoms with Crippen LogP contribution in [0.5, 0.6) is 0 Å². The number of aryl methyl sites for hydroxylation is 1. The molecule has 3 fully saturated rings. The van der Waals surface area contributed by atoms with Gasteiger partial charge in [-0.25, -0.2) is 4.79 Å². The van der Waals surface area contributed by atoms with Gasteiger partial charge in [0.15, 0.2) is 18.2 Å². The van der Waals surface area contributed by atoms with Gasteiger partial charge in [0, 0.05) is 11.2 Å². The van der Waals surface area contributed by atoms with Gasteiger partial charge in [-0.3, -0.25) is 0 Å². The second-order valence-corrected chi connectivity index (χ2v) is 12.0. The zero-order valence-corrected chi connectivity index (χ0v) is 23.4. The molecule has 0 saturated carbocycles. The van der Waals surface area contributed by atoms with E-state index in [1.165, 1.54) is 11.8 Å². The summed E-state index contributed by atoms with van der Waals surface area (Å²) < 4.78 is 36.0. The lowest BCUT2D eigenvalue weighted by Crippen LogP contribution is -2.63.